The average Bonchev–Trinajstić information content (AvgIpc) is 3.22. The van der Waals surface area contributed by atoms with Crippen molar-refractivity contribution in [2.75, 3.05) is 27.9 Å². The van der Waals surface area contributed by atoms with E-state index in [-0.39, 0.29) is 0 Å². The van der Waals surface area contributed by atoms with Crippen LogP contribution < -0.4 is 14.2 Å². The fourth-order valence-corrected chi connectivity index (χ4v) is 6.18. The molecule has 6 rings (SSSR count). The predicted octanol–water partition coefficient (Wildman–Crippen LogP) is 11.6. The van der Waals surface area contributed by atoms with E-state index in [0.29, 0.717) is 6.61 Å². The molecular weight excluding hydrogens is 641 g/mol. The summed E-state index contributed by atoms with van der Waals surface area (Å²) in [6.45, 7) is 2.58. The van der Waals surface area contributed by atoms with Crippen LogP contribution >= 0.6 is 0 Å². The maximum atomic E-state index is 6.87. The van der Waals surface area contributed by atoms with Crippen molar-refractivity contribution in [2.24, 2.45) is 0 Å². The summed E-state index contributed by atoms with van der Waals surface area (Å²) in [5, 5.41) is 0. The van der Waals surface area contributed by atoms with Gasteiger partial charge in [-0.15, -0.1) is 0 Å². The highest BCUT2D eigenvalue weighted by molar-refractivity contribution is 5.72. The lowest BCUT2D eigenvalue weighted by Crippen LogP contribution is -2.33. The summed E-state index contributed by atoms with van der Waals surface area (Å²) in [6, 6.07) is 50.1. The number of hydrogen-bond acceptors (Lipinski definition) is 4. The van der Waals surface area contributed by atoms with Gasteiger partial charge in [-0.1, -0.05) is 146 Å². The fraction of sp³-hybridized carbons (Fsp3) is 0.125. The van der Waals surface area contributed by atoms with E-state index < -0.39 is 5.60 Å². The lowest BCUT2D eigenvalue weighted by atomic mass is 9.79. The first-order valence-electron chi connectivity index (χ1n) is 17.4. The standard InChI is InChI=1S/C48H44O4/c1-5-52-48(42-24-12-36(13-25-42)6-9-39-18-30-45(49-2)31-19-39,43-26-14-37(15-27-43)7-10-40-20-32-46(50-3)33-21-40)44-28-16-38(17-29-44)8-11-41-22-34-47(51-4)35-23-41/h6-35H,5H2,1-4H3/b9-6+,10-7+,11-8+. The topological polar surface area (TPSA) is 36.9 Å². The van der Waals surface area contributed by atoms with Gasteiger partial charge in [0.05, 0.1) is 21.3 Å². The van der Waals surface area contributed by atoms with Crippen molar-refractivity contribution in [3.63, 3.8) is 0 Å². The number of benzene rings is 6. The Morgan fingerprint density at radius 3 is 0.750 bits per heavy atom. The van der Waals surface area contributed by atoms with E-state index in [2.05, 4.69) is 153 Å². The quantitative estimate of drug-likeness (QED) is 0.0845. The second-order valence-corrected chi connectivity index (χ2v) is 12.3. The third-order valence-corrected chi connectivity index (χ3v) is 9.06. The van der Waals surface area contributed by atoms with Gasteiger partial charge in [-0.25, -0.2) is 0 Å². The third-order valence-electron chi connectivity index (χ3n) is 9.06. The molecule has 0 radical (unpaired) electrons. The normalized spacial score (nSPS) is 11.8. The molecule has 0 spiro atoms. The zero-order valence-corrected chi connectivity index (χ0v) is 30.2. The minimum atomic E-state index is -0.830. The molecule has 0 unspecified atom stereocenters. The Bertz CT molecular complexity index is 1850. The molecule has 0 N–H and O–H groups in total. The van der Waals surface area contributed by atoms with Crippen molar-refractivity contribution < 1.29 is 18.9 Å². The number of ether oxygens (including phenoxy) is 4. The molecule has 0 saturated heterocycles. The number of methoxy groups -OCH3 is 3. The van der Waals surface area contributed by atoms with Crippen molar-refractivity contribution in [1.82, 2.24) is 0 Å². The smallest absolute Gasteiger partial charge is 0.143 e. The first-order valence-corrected chi connectivity index (χ1v) is 17.4. The van der Waals surface area contributed by atoms with Crippen LogP contribution in [0.1, 0.15) is 57.0 Å². The summed E-state index contributed by atoms with van der Waals surface area (Å²) >= 11 is 0. The molecule has 0 amide bonds. The minimum absolute atomic E-state index is 0.525. The highest BCUT2D eigenvalue weighted by Gasteiger charge is 2.37. The van der Waals surface area contributed by atoms with Crippen molar-refractivity contribution >= 4 is 36.5 Å². The van der Waals surface area contributed by atoms with E-state index in [1.54, 1.807) is 21.3 Å². The molecule has 4 nitrogen and oxygen atoms in total. The van der Waals surface area contributed by atoms with Gasteiger partial charge in [0.1, 0.15) is 22.8 Å². The van der Waals surface area contributed by atoms with Gasteiger partial charge in [0, 0.05) is 6.61 Å². The van der Waals surface area contributed by atoms with Gasteiger partial charge in [-0.2, -0.15) is 0 Å². The highest BCUT2D eigenvalue weighted by Crippen LogP contribution is 2.41. The number of hydrogen-bond donors (Lipinski definition) is 0. The highest BCUT2D eigenvalue weighted by atomic mass is 16.5. The Balaban J connectivity index is 1.33. The van der Waals surface area contributed by atoms with Crippen LogP contribution in [0.3, 0.4) is 0 Å². The van der Waals surface area contributed by atoms with E-state index in [4.69, 9.17) is 18.9 Å². The van der Waals surface area contributed by atoms with Gasteiger partial charge in [-0.3, -0.25) is 0 Å². The maximum absolute atomic E-state index is 6.87. The van der Waals surface area contributed by atoms with E-state index in [0.717, 1.165) is 67.3 Å². The van der Waals surface area contributed by atoms with Crippen molar-refractivity contribution in [3.8, 4) is 17.2 Å². The third kappa shape index (κ3) is 8.60. The molecule has 6 aromatic carbocycles. The molecule has 0 aliphatic heterocycles. The van der Waals surface area contributed by atoms with Gasteiger partial charge in [0.25, 0.3) is 0 Å². The van der Waals surface area contributed by atoms with Crippen LogP contribution in [-0.2, 0) is 10.3 Å². The SMILES string of the molecule is CCOC(c1ccc(/C=C/c2ccc(OC)cc2)cc1)(c1ccc(/C=C/c2ccc(OC)cc2)cc1)c1ccc(/C=C/c2ccc(OC)cc2)cc1. The minimum Gasteiger partial charge on any atom is -0.497 e. The molecule has 0 fully saturated rings. The first kappa shape index (κ1) is 35.7. The molecular formula is C48H44O4. The Kier molecular flexibility index (Phi) is 11.8. The monoisotopic (exact) mass is 684 g/mol. The Morgan fingerprint density at radius 1 is 0.346 bits per heavy atom. The summed E-state index contributed by atoms with van der Waals surface area (Å²) in [7, 11) is 5.04. The van der Waals surface area contributed by atoms with E-state index >= 15 is 0 Å². The second-order valence-electron chi connectivity index (χ2n) is 12.3. The molecule has 4 heteroatoms. The van der Waals surface area contributed by atoms with Crippen molar-refractivity contribution in [2.45, 2.75) is 12.5 Å². The van der Waals surface area contributed by atoms with Crippen LogP contribution in [0.2, 0.25) is 0 Å². The molecule has 0 bridgehead atoms. The Morgan fingerprint density at radius 2 is 0.558 bits per heavy atom. The van der Waals surface area contributed by atoms with Gasteiger partial charge in [-0.05, 0) is 93.4 Å². The van der Waals surface area contributed by atoms with Crippen LogP contribution in [0.25, 0.3) is 36.5 Å². The molecule has 0 aliphatic carbocycles. The summed E-state index contributed by atoms with van der Waals surface area (Å²) < 4.78 is 22.8. The van der Waals surface area contributed by atoms with Crippen molar-refractivity contribution in [1.29, 1.82) is 0 Å². The summed E-state index contributed by atoms with van der Waals surface area (Å²) in [5.74, 6) is 2.53. The van der Waals surface area contributed by atoms with Crippen LogP contribution in [0, 0.1) is 0 Å². The summed E-state index contributed by atoms with van der Waals surface area (Å²) in [6.07, 6.45) is 12.7. The van der Waals surface area contributed by atoms with Gasteiger partial charge < -0.3 is 18.9 Å². The average molecular weight is 685 g/mol. The van der Waals surface area contributed by atoms with Crippen LogP contribution in [0.15, 0.2) is 146 Å². The lowest BCUT2D eigenvalue weighted by molar-refractivity contribution is 0.0216. The largest absolute Gasteiger partial charge is 0.497 e. The molecule has 0 atom stereocenters. The second kappa shape index (κ2) is 17.2. The van der Waals surface area contributed by atoms with Gasteiger partial charge >= 0.3 is 0 Å². The zero-order valence-electron chi connectivity index (χ0n) is 30.2. The molecule has 0 aliphatic rings. The lowest BCUT2D eigenvalue weighted by Gasteiger charge is -2.36. The molecule has 52 heavy (non-hydrogen) atoms. The van der Waals surface area contributed by atoms with Gasteiger partial charge in [0.2, 0.25) is 0 Å². The summed E-state index contributed by atoms with van der Waals surface area (Å²) in [5.41, 5.74) is 8.96. The van der Waals surface area contributed by atoms with Crippen LogP contribution in [0.5, 0.6) is 17.2 Å². The summed E-state index contributed by atoms with van der Waals surface area (Å²) in [4.78, 5) is 0. The van der Waals surface area contributed by atoms with E-state index in [9.17, 15) is 0 Å². The zero-order chi connectivity index (χ0) is 36.2. The van der Waals surface area contributed by atoms with Crippen LogP contribution in [-0.4, -0.2) is 27.9 Å². The molecule has 0 saturated carbocycles. The molecule has 0 heterocycles. The Hall–Kier alpha value is -6.10. The fourth-order valence-electron chi connectivity index (χ4n) is 6.18. The molecule has 0 aromatic heterocycles. The number of rotatable bonds is 14. The first-order chi connectivity index (χ1) is 25.5. The van der Waals surface area contributed by atoms with Crippen molar-refractivity contribution in [3.05, 3.63) is 196 Å². The van der Waals surface area contributed by atoms with Crippen LogP contribution in [0.4, 0.5) is 0 Å². The van der Waals surface area contributed by atoms with Gasteiger partial charge in [0.15, 0.2) is 0 Å². The van der Waals surface area contributed by atoms with E-state index in [1.165, 1.54) is 0 Å². The molecule has 6 aromatic rings. The maximum Gasteiger partial charge on any atom is 0.143 e. The molecule has 260 valence electrons. The predicted molar refractivity (Wildman–Crippen MR) is 217 cm³/mol. The van der Waals surface area contributed by atoms with E-state index in [1.807, 2.05) is 36.4 Å². The Labute approximate surface area is 307 Å².